The Morgan fingerprint density at radius 2 is 2.26 bits per heavy atom. The fourth-order valence-electron chi connectivity index (χ4n) is 1.57. The molecule has 0 bridgehead atoms. The Kier molecular flexibility index (Phi) is 6.10. The Bertz CT molecular complexity index is 480. The number of thioether (sulfide) groups is 1. The molecule has 0 aliphatic carbocycles. The fraction of sp³-hybridized carbons (Fsp3) is 0.357. The molecule has 0 atom stereocenters. The van der Waals surface area contributed by atoms with Gasteiger partial charge in [-0.05, 0) is 18.2 Å². The molecule has 0 saturated heterocycles. The van der Waals surface area contributed by atoms with Crippen LogP contribution >= 0.6 is 11.8 Å². The molecule has 102 valence electrons. The summed E-state index contributed by atoms with van der Waals surface area (Å²) in [5.41, 5.74) is 7.98. The summed E-state index contributed by atoms with van der Waals surface area (Å²) >= 11 is 1.62. The largest absolute Gasteiger partial charge is 0.397 e. The number of nitrogen functional groups attached to an aromatic ring is 1. The zero-order chi connectivity index (χ0) is 14.3. The second-order valence-corrected chi connectivity index (χ2v) is 5.29. The van der Waals surface area contributed by atoms with Crippen LogP contribution < -0.4 is 16.0 Å². The van der Waals surface area contributed by atoms with E-state index in [0.717, 1.165) is 11.4 Å². The molecule has 1 aromatic rings. The molecule has 3 N–H and O–H groups in total. The molecule has 1 rings (SSSR count). The fourth-order valence-corrected chi connectivity index (χ4v) is 2.08. The Labute approximate surface area is 118 Å². The van der Waals surface area contributed by atoms with Gasteiger partial charge in [0.2, 0.25) is 0 Å². The Hall–Kier alpha value is -1.80. The van der Waals surface area contributed by atoms with Crippen molar-refractivity contribution in [3.8, 4) is 12.3 Å². The topological polar surface area (TPSA) is 58.4 Å². The number of hydrogen-bond acceptors (Lipinski definition) is 4. The van der Waals surface area contributed by atoms with Crippen molar-refractivity contribution in [1.82, 2.24) is 5.32 Å². The van der Waals surface area contributed by atoms with E-state index in [2.05, 4.69) is 11.2 Å². The summed E-state index contributed by atoms with van der Waals surface area (Å²) in [6.07, 6.45) is 5.14. The highest BCUT2D eigenvalue weighted by Crippen LogP contribution is 2.22. The maximum atomic E-state index is 11.9. The van der Waals surface area contributed by atoms with Crippen molar-refractivity contribution >= 4 is 29.0 Å². The van der Waals surface area contributed by atoms with Crippen LogP contribution in [0.5, 0.6) is 0 Å². The van der Waals surface area contributed by atoms with E-state index in [1.54, 1.807) is 23.9 Å². The quantitative estimate of drug-likeness (QED) is 0.469. The number of rotatable bonds is 6. The molecule has 0 aliphatic heterocycles. The molecule has 0 aromatic heterocycles. The zero-order valence-corrected chi connectivity index (χ0v) is 12.1. The first kappa shape index (κ1) is 15.3. The Morgan fingerprint density at radius 3 is 2.84 bits per heavy atom. The molecule has 1 aromatic carbocycles. The van der Waals surface area contributed by atoms with E-state index in [0.29, 0.717) is 23.5 Å². The number of nitrogens with one attached hydrogen (secondary N) is 1. The van der Waals surface area contributed by atoms with Crippen molar-refractivity contribution in [2.24, 2.45) is 0 Å². The van der Waals surface area contributed by atoms with Gasteiger partial charge >= 0.3 is 0 Å². The lowest BCUT2D eigenvalue weighted by Crippen LogP contribution is -2.26. The van der Waals surface area contributed by atoms with Gasteiger partial charge in [0, 0.05) is 32.0 Å². The molecule has 0 spiro atoms. The SMILES string of the molecule is C#CCSCCNC(=O)c1ccc(N(C)C)c(N)c1. The predicted molar refractivity (Wildman–Crippen MR) is 83.7 cm³/mol. The summed E-state index contributed by atoms with van der Waals surface area (Å²) in [7, 11) is 3.82. The summed E-state index contributed by atoms with van der Waals surface area (Å²) in [5, 5.41) is 2.84. The third-order valence-electron chi connectivity index (χ3n) is 2.49. The molecule has 0 heterocycles. The standard InChI is InChI=1S/C14H19N3OS/c1-4-8-19-9-7-16-14(18)11-5-6-13(17(2)3)12(15)10-11/h1,5-6,10H,7-9,15H2,2-3H3,(H,16,18). The first-order chi connectivity index (χ1) is 9.06. The minimum atomic E-state index is -0.113. The average molecular weight is 277 g/mol. The van der Waals surface area contributed by atoms with Gasteiger partial charge in [-0.1, -0.05) is 5.92 Å². The first-order valence-electron chi connectivity index (χ1n) is 5.92. The third kappa shape index (κ3) is 4.76. The number of hydrogen-bond donors (Lipinski definition) is 2. The van der Waals surface area contributed by atoms with Crippen LogP contribution in [0, 0.1) is 12.3 Å². The van der Waals surface area contributed by atoms with Crippen LogP contribution in [0.4, 0.5) is 11.4 Å². The van der Waals surface area contributed by atoms with Crippen molar-refractivity contribution < 1.29 is 4.79 Å². The van der Waals surface area contributed by atoms with Crippen LogP contribution in [0.3, 0.4) is 0 Å². The van der Waals surface area contributed by atoms with Crippen LogP contribution in [0.2, 0.25) is 0 Å². The van der Waals surface area contributed by atoms with E-state index >= 15 is 0 Å². The Balaban J connectivity index is 2.54. The van der Waals surface area contributed by atoms with Crippen LogP contribution in [-0.4, -0.2) is 38.1 Å². The number of benzene rings is 1. The number of amides is 1. The lowest BCUT2D eigenvalue weighted by Gasteiger charge is -2.15. The third-order valence-corrected chi connectivity index (χ3v) is 3.35. The van der Waals surface area contributed by atoms with Crippen molar-refractivity contribution in [3.63, 3.8) is 0 Å². The van der Waals surface area contributed by atoms with E-state index in [-0.39, 0.29) is 5.91 Å². The molecule has 19 heavy (non-hydrogen) atoms. The van der Waals surface area contributed by atoms with Crippen LogP contribution in [0.15, 0.2) is 18.2 Å². The van der Waals surface area contributed by atoms with Gasteiger partial charge in [0.05, 0.1) is 17.1 Å². The maximum Gasteiger partial charge on any atom is 0.251 e. The van der Waals surface area contributed by atoms with Crippen LogP contribution in [-0.2, 0) is 0 Å². The number of carbonyl (C=O) groups excluding carboxylic acids is 1. The highest BCUT2D eigenvalue weighted by atomic mass is 32.2. The molecule has 0 saturated carbocycles. The van der Waals surface area contributed by atoms with Crippen molar-refractivity contribution in [2.45, 2.75) is 0 Å². The van der Waals surface area contributed by atoms with Crippen molar-refractivity contribution in [2.75, 3.05) is 42.8 Å². The minimum absolute atomic E-state index is 0.113. The summed E-state index contributed by atoms with van der Waals surface area (Å²) in [6, 6.07) is 5.31. The molecule has 1 amide bonds. The number of nitrogens with zero attached hydrogens (tertiary/aromatic N) is 1. The van der Waals surface area contributed by atoms with Gasteiger partial charge in [-0.25, -0.2) is 0 Å². The zero-order valence-electron chi connectivity index (χ0n) is 11.3. The highest BCUT2D eigenvalue weighted by molar-refractivity contribution is 7.99. The van der Waals surface area contributed by atoms with E-state index in [9.17, 15) is 4.79 Å². The molecule has 0 aliphatic rings. The second-order valence-electron chi connectivity index (χ2n) is 4.18. The van der Waals surface area contributed by atoms with E-state index in [4.69, 9.17) is 12.2 Å². The molecular weight excluding hydrogens is 258 g/mol. The molecule has 0 unspecified atom stereocenters. The van der Waals surface area contributed by atoms with Gasteiger partial charge in [-0.15, -0.1) is 18.2 Å². The van der Waals surface area contributed by atoms with Crippen LogP contribution in [0.25, 0.3) is 0 Å². The number of carbonyl (C=O) groups is 1. The van der Waals surface area contributed by atoms with Crippen molar-refractivity contribution in [3.05, 3.63) is 23.8 Å². The lowest BCUT2D eigenvalue weighted by atomic mass is 10.1. The normalized spacial score (nSPS) is 9.74. The molecule has 5 heteroatoms. The van der Waals surface area contributed by atoms with E-state index in [1.807, 2.05) is 25.1 Å². The molecule has 4 nitrogen and oxygen atoms in total. The van der Waals surface area contributed by atoms with E-state index < -0.39 is 0 Å². The van der Waals surface area contributed by atoms with E-state index in [1.165, 1.54) is 0 Å². The Morgan fingerprint density at radius 1 is 1.53 bits per heavy atom. The van der Waals surface area contributed by atoms with Gasteiger partial charge in [0.15, 0.2) is 0 Å². The smallest absolute Gasteiger partial charge is 0.251 e. The predicted octanol–water partition coefficient (Wildman–Crippen LogP) is 1.43. The average Bonchev–Trinajstić information content (AvgIpc) is 2.37. The van der Waals surface area contributed by atoms with Gasteiger partial charge in [0.25, 0.3) is 5.91 Å². The summed E-state index contributed by atoms with van der Waals surface area (Å²) in [5.74, 6) is 3.90. The number of terminal acetylenes is 1. The molecular formula is C14H19N3OS. The van der Waals surface area contributed by atoms with Gasteiger partial charge in [-0.2, -0.15) is 0 Å². The summed E-state index contributed by atoms with van der Waals surface area (Å²) < 4.78 is 0. The molecule has 0 radical (unpaired) electrons. The summed E-state index contributed by atoms with van der Waals surface area (Å²) in [4.78, 5) is 13.8. The maximum absolute atomic E-state index is 11.9. The van der Waals surface area contributed by atoms with Gasteiger partial charge in [-0.3, -0.25) is 4.79 Å². The highest BCUT2D eigenvalue weighted by Gasteiger charge is 2.08. The number of anilines is 2. The summed E-state index contributed by atoms with van der Waals surface area (Å²) in [6.45, 7) is 0.598. The minimum Gasteiger partial charge on any atom is -0.397 e. The van der Waals surface area contributed by atoms with Crippen LogP contribution in [0.1, 0.15) is 10.4 Å². The second kappa shape index (κ2) is 7.59. The van der Waals surface area contributed by atoms with Crippen molar-refractivity contribution in [1.29, 1.82) is 0 Å². The lowest BCUT2D eigenvalue weighted by molar-refractivity contribution is 0.0956. The first-order valence-corrected chi connectivity index (χ1v) is 7.08. The van der Waals surface area contributed by atoms with Gasteiger partial charge < -0.3 is 16.0 Å². The monoisotopic (exact) mass is 277 g/mol. The number of nitrogens with two attached hydrogens (primary N) is 1. The van der Waals surface area contributed by atoms with Gasteiger partial charge in [0.1, 0.15) is 0 Å². The molecule has 0 fully saturated rings.